The van der Waals surface area contributed by atoms with Crippen LogP contribution in [0.3, 0.4) is 0 Å². The molecule has 1 amide bonds. The number of hydrogen-bond donors (Lipinski definition) is 1. The van der Waals surface area contributed by atoms with Gasteiger partial charge in [-0.05, 0) is 60.7 Å². The summed E-state index contributed by atoms with van der Waals surface area (Å²) in [5.74, 6) is 0.296. The van der Waals surface area contributed by atoms with Crippen LogP contribution in [0.25, 0.3) is 0 Å². The number of rotatable bonds is 9. The van der Waals surface area contributed by atoms with Crippen LogP contribution in [0.4, 0.5) is 0 Å². The van der Waals surface area contributed by atoms with Gasteiger partial charge in [0.05, 0.1) is 24.5 Å². The molecule has 0 fully saturated rings. The molecule has 0 aliphatic rings. The molecule has 0 aromatic heterocycles. The molecular formula is C25H20Br2N2O5. The molecule has 0 saturated carbocycles. The first kappa shape index (κ1) is 25.2. The van der Waals surface area contributed by atoms with Crippen LogP contribution >= 0.6 is 31.9 Å². The van der Waals surface area contributed by atoms with Crippen molar-refractivity contribution in [2.75, 3.05) is 13.7 Å². The highest BCUT2D eigenvalue weighted by Gasteiger charge is 2.14. The molecule has 0 bridgehead atoms. The zero-order chi connectivity index (χ0) is 24.5. The predicted molar refractivity (Wildman–Crippen MR) is 137 cm³/mol. The van der Waals surface area contributed by atoms with Crippen molar-refractivity contribution in [3.63, 3.8) is 0 Å². The fourth-order valence-electron chi connectivity index (χ4n) is 2.77. The van der Waals surface area contributed by atoms with Crippen molar-refractivity contribution in [2.24, 2.45) is 5.10 Å². The van der Waals surface area contributed by atoms with Gasteiger partial charge in [0.2, 0.25) is 0 Å². The summed E-state index contributed by atoms with van der Waals surface area (Å²) in [5, 5.41) is 4.03. The maximum absolute atomic E-state index is 12.7. The highest BCUT2D eigenvalue weighted by atomic mass is 79.9. The Kier molecular flexibility index (Phi) is 9.00. The summed E-state index contributed by atoms with van der Waals surface area (Å²) in [4.78, 5) is 25.2. The van der Waals surface area contributed by atoms with E-state index in [0.29, 0.717) is 32.7 Å². The molecule has 174 valence electrons. The number of nitrogens with one attached hydrogen (secondary N) is 1. The molecule has 0 heterocycles. The second-order valence-corrected chi connectivity index (χ2v) is 8.57. The second kappa shape index (κ2) is 12.2. The fourth-order valence-corrected chi connectivity index (χ4v) is 3.51. The van der Waals surface area contributed by atoms with E-state index in [4.69, 9.17) is 14.2 Å². The van der Waals surface area contributed by atoms with Gasteiger partial charge in [-0.2, -0.15) is 5.10 Å². The minimum Gasteiger partial charge on any atom is -0.497 e. The number of carbonyl (C=O) groups excluding carboxylic acids is 2. The van der Waals surface area contributed by atoms with Crippen LogP contribution in [0.1, 0.15) is 26.3 Å². The van der Waals surface area contributed by atoms with Crippen LogP contribution in [0.15, 0.2) is 87.4 Å². The first-order valence-electron chi connectivity index (χ1n) is 9.93. The molecule has 0 saturated heterocycles. The number of hydrogen-bond acceptors (Lipinski definition) is 6. The lowest BCUT2D eigenvalue weighted by molar-refractivity contribution is 0.0734. The third-order valence-corrected chi connectivity index (χ3v) is 5.40. The third kappa shape index (κ3) is 6.79. The van der Waals surface area contributed by atoms with Crippen LogP contribution in [-0.4, -0.2) is 31.8 Å². The number of esters is 1. The van der Waals surface area contributed by atoms with Crippen molar-refractivity contribution in [3.8, 4) is 17.2 Å². The monoisotopic (exact) mass is 586 g/mol. The Bertz CT molecular complexity index is 1230. The van der Waals surface area contributed by atoms with Crippen LogP contribution in [0.5, 0.6) is 17.2 Å². The van der Waals surface area contributed by atoms with Gasteiger partial charge in [0.15, 0.2) is 0 Å². The lowest BCUT2D eigenvalue weighted by Crippen LogP contribution is -2.19. The summed E-state index contributed by atoms with van der Waals surface area (Å²) < 4.78 is 17.6. The van der Waals surface area contributed by atoms with Crippen molar-refractivity contribution in [2.45, 2.75) is 0 Å². The number of carbonyl (C=O) groups is 2. The highest BCUT2D eigenvalue weighted by molar-refractivity contribution is 9.10. The van der Waals surface area contributed by atoms with Crippen LogP contribution in [0, 0.1) is 0 Å². The van der Waals surface area contributed by atoms with Gasteiger partial charge >= 0.3 is 5.97 Å². The zero-order valence-corrected chi connectivity index (χ0v) is 21.3. The summed E-state index contributed by atoms with van der Waals surface area (Å²) in [6.07, 6.45) is 2.98. The van der Waals surface area contributed by atoms with Crippen molar-refractivity contribution in [1.29, 1.82) is 0 Å². The topological polar surface area (TPSA) is 86.2 Å². The Morgan fingerprint density at radius 1 is 1.00 bits per heavy atom. The Balaban J connectivity index is 1.75. The maximum atomic E-state index is 12.7. The van der Waals surface area contributed by atoms with Crippen molar-refractivity contribution in [3.05, 3.63) is 99.0 Å². The van der Waals surface area contributed by atoms with Crippen molar-refractivity contribution < 1.29 is 23.8 Å². The molecule has 3 rings (SSSR count). The SMILES string of the molecule is C=CCOc1ccc(Br)cc1C(=O)N/N=C\c1cc(Br)ccc1OC(=O)c1ccc(OC)cc1. The molecule has 9 heteroatoms. The summed E-state index contributed by atoms with van der Waals surface area (Å²) in [7, 11) is 1.55. The van der Waals surface area contributed by atoms with Crippen LogP contribution in [0.2, 0.25) is 0 Å². The Morgan fingerprint density at radius 3 is 2.35 bits per heavy atom. The van der Waals surface area contributed by atoms with E-state index in [0.717, 1.165) is 4.47 Å². The molecule has 3 aromatic rings. The maximum Gasteiger partial charge on any atom is 0.343 e. The molecule has 0 unspecified atom stereocenters. The predicted octanol–water partition coefficient (Wildman–Crippen LogP) is 5.77. The Labute approximate surface area is 213 Å². The number of hydrazone groups is 1. The van der Waals surface area contributed by atoms with E-state index >= 15 is 0 Å². The number of amides is 1. The van der Waals surface area contributed by atoms with Gasteiger partial charge in [-0.1, -0.05) is 44.5 Å². The molecule has 1 N–H and O–H groups in total. The van der Waals surface area contributed by atoms with Gasteiger partial charge in [-0.15, -0.1) is 0 Å². The van der Waals surface area contributed by atoms with Crippen LogP contribution < -0.4 is 19.6 Å². The van der Waals surface area contributed by atoms with Crippen LogP contribution in [-0.2, 0) is 0 Å². The Morgan fingerprint density at radius 2 is 1.68 bits per heavy atom. The average Bonchev–Trinajstić information content (AvgIpc) is 2.84. The summed E-state index contributed by atoms with van der Waals surface area (Å²) in [5.41, 5.74) is 3.61. The number of ether oxygens (including phenoxy) is 3. The Hall–Kier alpha value is -3.43. The third-order valence-electron chi connectivity index (χ3n) is 4.41. The standard InChI is InChI=1S/C25H20Br2N2O5/c1-3-12-33-23-11-7-19(27)14-21(23)24(30)29-28-15-17-13-18(26)6-10-22(17)34-25(31)16-4-8-20(32-2)9-5-16/h3-11,13-15H,1,12H2,2H3,(H,29,30)/b28-15-. The van der Waals surface area contributed by atoms with E-state index in [1.807, 2.05) is 0 Å². The van der Waals surface area contributed by atoms with E-state index in [-0.39, 0.29) is 12.4 Å². The normalized spacial score (nSPS) is 10.6. The average molecular weight is 588 g/mol. The largest absolute Gasteiger partial charge is 0.497 e. The quantitative estimate of drug-likeness (QED) is 0.113. The van der Waals surface area contributed by atoms with Gasteiger partial charge in [-0.25, -0.2) is 10.2 Å². The van der Waals surface area contributed by atoms with E-state index in [9.17, 15) is 9.59 Å². The zero-order valence-electron chi connectivity index (χ0n) is 18.1. The van der Waals surface area contributed by atoms with Gasteiger partial charge in [0.25, 0.3) is 5.91 Å². The van der Waals surface area contributed by atoms with E-state index in [1.165, 1.54) is 6.21 Å². The van der Waals surface area contributed by atoms with E-state index in [2.05, 4.69) is 49.0 Å². The van der Waals surface area contributed by atoms with Crippen molar-refractivity contribution in [1.82, 2.24) is 5.43 Å². The fraction of sp³-hybridized carbons (Fsp3) is 0.0800. The summed E-state index contributed by atoms with van der Waals surface area (Å²) in [6, 6.07) is 16.7. The molecule has 0 atom stereocenters. The van der Waals surface area contributed by atoms with Gasteiger partial charge in [0, 0.05) is 14.5 Å². The number of methoxy groups -OCH3 is 1. The molecule has 0 aliphatic heterocycles. The van der Waals surface area contributed by atoms with Gasteiger partial charge < -0.3 is 14.2 Å². The first-order chi connectivity index (χ1) is 16.4. The molecule has 3 aromatic carbocycles. The minimum absolute atomic E-state index is 0.256. The van der Waals surface area contributed by atoms with Crippen molar-refractivity contribution >= 4 is 50.0 Å². The highest BCUT2D eigenvalue weighted by Crippen LogP contribution is 2.25. The molecule has 34 heavy (non-hydrogen) atoms. The molecule has 7 nitrogen and oxygen atoms in total. The summed E-state index contributed by atoms with van der Waals surface area (Å²) >= 11 is 6.74. The summed E-state index contributed by atoms with van der Waals surface area (Å²) in [6.45, 7) is 3.87. The molecule has 0 radical (unpaired) electrons. The number of nitrogens with zero attached hydrogens (tertiary/aromatic N) is 1. The lowest BCUT2D eigenvalue weighted by atomic mass is 10.2. The minimum atomic E-state index is -0.540. The molecular weight excluding hydrogens is 568 g/mol. The number of halogens is 2. The first-order valence-corrected chi connectivity index (χ1v) is 11.5. The lowest BCUT2D eigenvalue weighted by Gasteiger charge is -2.10. The molecule has 0 spiro atoms. The van der Waals surface area contributed by atoms with Gasteiger partial charge in [-0.3, -0.25) is 4.79 Å². The molecule has 0 aliphatic carbocycles. The van der Waals surface area contributed by atoms with Gasteiger partial charge in [0.1, 0.15) is 23.9 Å². The number of benzene rings is 3. The van der Waals surface area contributed by atoms with E-state index in [1.54, 1.807) is 73.8 Å². The van der Waals surface area contributed by atoms with E-state index < -0.39 is 11.9 Å². The smallest absolute Gasteiger partial charge is 0.343 e. The second-order valence-electron chi connectivity index (χ2n) is 6.74.